The Morgan fingerprint density at radius 3 is 2.60 bits per heavy atom. The van der Waals surface area contributed by atoms with Crippen LogP contribution in [0.3, 0.4) is 0 Å². The molecule has 0 aliphatic rings. The smallest absolute Gasteiger partial charge is 0.237 e. The van der Waals surface area contributed by atoms with Crippen molar-refractivity contribution < 1.29 is 14.3 Å². The maximum atomic E-state index is 10.7. The third-order valence-corrected chi connectivity index (χ3v) is 1.78. The molecule has 0 saturated carbocycles. The molecule has 0 saturated heterocycles. The number of nitrogens with one attached hydrogen (secondary N) is 1. The highest BCUT2D eigenvalue weighted by Gasteiger charge is 1.99. The van der Waals surface area contributed by atoms with E-state index >= 15 is 0 Å². The summed E-state index contributed by atoms with van der Waals surface area (Å²) in [6.45, 7) is 0.253. The van der Waals surface area contributed by atoms with Gasteiger partial charge in [-0.3, -0.25) is 15.0 Å². The predicted octanol–water partition coefficient (Wildman–Crippen LogP) is 0.258. The van der Waals surface area contributed by atoms with Crippen molar-refractivity contribution in [3.05, 3.63) is 29.8 Å². The molecule has 0 atom stereocenters. The first-order chi connectivity index (χ1) is 7.26. The fraction of sp³-hybridized carbons (Fsp3) is 0.200. The Hall–Kier alpha value is -1.88. The van der Waals surface area contributed by atoms with Gasteiger partial charge in [0.2, 0.25) is 5.91 Å². The molecule has 5 nitrogen and oxygen atoms in total. The van der Waals surface area contributed by atoms with Gasteiger partial charge in [-0.05, 0) is 24.3 Å². The summed E-state index contributed by atoms with van der Waals surface area (Å²) < 4.78 is 5.25. The average Bonchev–Trinajstić information content (AvgIpc) is 2.29. The van der Waals surface area contributed by atoms with Gasteiger partial charge in [-0.25, -0.2) is 5.84 Å². The number of benzene rings is 1. The van der Waals surface area contributed by atoms with Crippen molar-refractivity contribution >= 4 is 12.2 Å². The molecule has 1 aromatic carbocycles. The van der Waals surface area contributed by atoms with E-state index in [1.165, 1.54) is 0 Å². The molecule has 0 radical (unpaired) electrons. The lowest BCUT2D eigenvalue weighted by Gasteiger charge is -2.04. The number of ether oxygens (including phenoxy) is 1. The third kappa shape index (κ3) is 3.78. The summed E-state index contributed by atoms with van der Waals surface area (Å²) in [5.41, 5.74) is 2.59. The summed E-state index contributed by atoms with van der Waals surface area (Å²) in [6.07, 6.45) is 0.956. The molecule has 1 aromatic rings. The van der Waals surface area contributed by atoms with Crippen LogP contribution in [-0.2, 0) is 4.79 Å². The molecule has 5 heteroatoms. The second-order valence-electron chi connectivity index (χ2n) is 2.85. The molecule has 0 fully saturated rings. The zero-order chi connectivity index (χ0) is 11.1. The van der Waals surface area contributed by atoms with Crippen molar-refractivity contribution in [2.75, 3.05) is 6.61 Å². The van der Waals surface area contributed by atoms with Crippen molar-refractivity contribution in [1.29, 1.82) is 0 Å². The first-order valence-corrected chi connectivity index (χ1v) is 4.43. The van der Waals surface area contributed by atoms with E-state index in [1.54, 1.807) is 24.3 Å². The van der Waals surface area contributed by atoms with E-state index in [9.17, 15) is 9.59 Å². The molecule has 0 heterocycles. The van der Waals surface area contributed by atoms with Gasteiger partial charge in [0.1, 0.15) is 12.0 Å². The minimum atomic E-state index is -0.278. The Labute approximate surface area is 87.2 Å². The Morgan fingerprint density at radius 2 is 2.07 bits per heavy atom. The van der Waals surface area contributed by atoms with Crippen LogP contribution in [0.1, 0.15) is 16.8 Å². The largest absolute Gasteiger partial charge is 0.493 e. The molecule has 0 aromatic heterocycles. The number of rotatable bonds is 5. The topological polar surface area (TPSA) is 81.4 Å². The molecular weight excluding hydrogens is 196 g/mol. The number of hydrogen-bond acceptors (Lipinski definition) is 4. The molecule has 0 spiro atoms. The van der Waals surface area contributed by atoms with Gasteiger partial charge in [-0.15, -0.1) is 0 Å². The predicted molar refractivity (Wildman–Crippen MR) is 54.3 cm³/mol. The lowest BCUT2D eigenvalue weighted by atomic mass is 10.2. The molecule has 1 rings (SSSR count). The molecule has 80 valence electrons. The summed E-state index contributed by atoms with van der Waals surface area (Å²) in [5, 5.41) is 0. The number of nitrogens with two attached hydrogens (primary N) is 1. The molecule has 15 heavy (non-hydrogen) atoms. The standard InChI is InChI=1S/C10H12N2O3/c11-12-10(14)5-6-15-9-3-1-8(7-13)2-4-9/h1-4,7H,5-6,11H2,(H,12,14). The number of hydrogen-bond donors (Lipinski definition) is 2. The number of amides is 1. The van der Waals surface area contributed by atoms with E-state index in [0.29, 0.717) is 11.3 Å². The number of carbonyl (C=O) groups is 2. The van der Waals surface area contributed by atoms with Crippen LogP contribution in [0.15, 0.2) is 24.3 Å². The monoisotopic (exact) mass is 208 g/mol. The quantitative estimate of drug-likeness (QED) is 0.315. The van der Waals surface area contributed by atoms with Crippen molar-refractivity contribution in [2.24, 2.45) is 5.84 Å². The van der Waals surface area contributed by atoms with Crippen LogP contribution < -0.4 is 16.0 Å². The highest BCUT2D eigenvalue weighted by atomic mass is 16.5. The minimum Gasteiger partial charge on any atom is -0.493 e. The maximum Gasteiger partial charge on any atom is 0.237 e. The van der Waals surface area contributed by atoms with E-state index in [0.717, 1.165) is 6.29 Å². The van der Waals surface area contributed by atoms with Crippen molar-refractivity contribution in [2.45, 2.75) is 6.42 Å². The fourth-order valence-corrected chi connectivity index (χ4v) is 0.976. The highest BCUT2D eigenvalue weighted by molar-refractivity contribution is 5.75. The zero-order valence-corrected chi connectivity index (χ0v) is 8.10. The highest BCUT2D eigenvalue weighted by Crippen LogP contribution is 2.10. The van der Waals surface area contributed by atoms with Gasteiger partial charge in [-0.2, -0.15) is 0 Å². The Morgan fingerprint density at radius 1 is 1.40 bits per heavy atom. The van der Waals surface area contributed by atoms with Crippen LogP contribution >= 0.6 is 0 Å². The summed E-state index contributed by atoms with van der Waals surface area (Å²) in [5.74, 6) is 5.23. The minimum absolute atomic E-state index is 0.200. The van der Waals surface area contributed by atoms with Gasteiger partial charge < -0.3 is 4.74 Å². The average molecular weight is 208 g/mol. The van der Waals surface area contributed by atoms with Crippen LogP contribution in [0.4, 0.5) is 0 Å². The van der Waals surface area contributed by atoms with Crippen LogP contribution in [0.5, 0.6) is 5.75 Å². The van der Waals surface area contributed by atoms with Crippen LogP contribution in [-0.4, -0.2) is 18.8 Å². The van der Waals surface area contributed by atoms with Crippen LogP contribution in [0, 0.1) is 0 Å². The van der Waals surface area contributed by atoms with Crippen molar-refractivity contribution in [1.82, 2.24) is 5.43 Å². The SMILES string of the molecule is NNC(=O)CCOc1ccc(C=O)cc1. The molecule has 3 N–H and O–H groups in total. The first-order valence-electron chi connectivity index (χ1n) is 4.43. The molecule has 0 bridgehead atoms. The van der Waals surface area contributed by atoms with E-state index in [1.807, 2.05) is 5.43 Å². The Bertz CT molecular complexity index is 335. The molecule has 0 aliphatic carbocycles. The Kier molecular flexibility index (Phi) is 4.30. The molecule has 0 aliphatic heterocycles. The van der Waals surface area contributed by atoms with Gasteiger partial charge in [0.15, 0.2) is 0 Å². The molecule has 0 unspecified atom stereocenters. The summed E-state index contributed by atoms with van der Waals surface area (Å²) >= 11 is 0. The van der Waals surface area contributed by atoms with E-state index in [2.05, 4.69) is 0 Å². The Balaban J connectivity index is 2.37. The van der Waals surface area contributed by atoms with Gasteiger partial charge >= 0.3 is 0 Å². The summed E-state index contributed by atoms with van der Waals surface area (Å²) in [4.78, 5) is 21.1. The van der Waals surface area contributed by atoms with Crippen LogP contribution in [0.2, 0.25) is 0 Å². The zero-order valence-electron chi connectivity index (χ0n) is 8.10. The first kappa shape index (κ1) is 11.2. The van der Waals surface area contributed by atoms with E-state index in [4.69, 9.17) is 10.6 Å². The second kappa shape index (κ2) is 5.77. The van der Waals surface area contributed by atoms with Crippen LogP contribution in [0.25, 0.3) is 0 Å². The second-order valence-corrected chi connectivity index (χ2v) is 2.85. The van der Waals surface area contributed by atoms with Gasteiger partial charge in [0, 0.05) is 5.56 Å². The lowest BCUT2D eigenvalue weighted by molar-refractivity contribution is -0.121. The van der Waals surface area contributed by atoms with Crippen molar-refractivity contribution in [3.63, 3.8) is 0 Å². The molecular formula is C10H12N2O3. The third-order valence-electron chi connectivity index (χ3n) is 1.78. The summed E-state index contributed by atoms with van der Waals surface area (Å²) in [6, 6.07) is 6.63. The van der Waals surface area contributed by atoms with Gasteiger partial charge in [0.25, 0.3) is 0 Å². The molecule has 1 amide bonds. The van der Waals surface area contributed by atoms with Crippen molar-refractivity contribution in [3.8, 4) is 5.75 Å². The summed E-state index contributed by atoms with van der Waals surface area (Å²) in [7, 11) is 0. The normalized spacial score (nSPS) is 9.40. The lowest BCUT2D eigenvalue weighted by Crippen LogP contribution is -2.31. The fourth-order valence-electron chi connectivity index (χ4n) is 0.976. The van der Waals surface area contributed by atoms with E-state index in [-0.39, 0.29) is 18.9 Å². The number of carbonyl (C=O) groups excluding carboxylic acids is 2. The number of aldehydes is 1. The maximum absolute atomic E-state index is 10.7. The van der Waals surface area contributed by atoms with Gasteiger partial charge in [-0.1, -0.05) is 0 Å². The van der Waals surface area contributed by atoms with Gasteiger partial charge in [0.05, 0.1) is 13.0 Å². The number of hydrazine groups is 1. The van der Waals surface area contributed by atoms with E-state index < -0.39 is 0 Å².